The topological polar surface area (TPSA) is 203 Å². The molecule has 1 aromatic heterocycles. The van der Waals surface area contributed by atoms with Crippen LogP contribution in [0.25, 0.3) is 0 Å². The molecule has 3 saturated heterocycles. The van der Waals surface area contributed by atoms with Gasteiger partial charge in [-0.25, -0.2) is 4.98 Å². The van der Waals surface area contributed by atoms with Crippen molar-refractivity contribution in [3.63, 3.8) is 0 Å². The Kier molecular flexibility index (Phi) is 14.6. The van der Waals surface area contributed by atoms with E-state index in [1.165, 1.54) is 18.6 Å². The first kappa shape index (κ1) is 46.0. The lowest BCUT2D eigenvalue weighted by Gasteiger charge is -2.39. The standard InChI is InChI=1S/C46H61N9O7/c1-7-16-33(37(56)42(60)49-29(3)30-17-11-9-12-18-30)50-40(58)35-26-46(53(24-8-2)28-32-21-15-25-54(32)46)44(62)55(35)43(61)38(45(4,5)6)52-41(59)36(31-19-13-10-14-20-31)51-39(57)34-27-47-22-23-48-34/h2,9,11-12,17-18,22-23,27,29,31-33,35-36,38H,7,10,13-16,19-21,24-26,28H2,1,3-6H3,(H,49,60)(H,50,58)(H,51,57)(H,52,59)/t29-,32+,33?,35-,36-,38+,46+/m0/s1. The summed E-state index contributed by atoms with van der Waals surface area (Å²) in [6, 6.07) is 3.55. The van der Waals surface area contributed by atoms with Gasteiger partial charge >= 0.3 is 0 Å². The minimum atomic E-state index is -1.44. The van der Waals surface area contributed by atoms with E-state index in [1.54, 1.807) is 27.7 Å². The lowest BCUT2D eigenvalue weighted by molar-refractivity contribution is -0.157. The number of ketones is 1. The summed E-state index contributed by atoms with van der Waals surface area (Å²) in [5.74, 6) is -2.74. The number of carbonyl (C=O) groups is 7. The van der Waals surface area contributed by atoms with Crippen LogP contribution in [0.15, 0.2) is 48.9 Å². The fourth-order valence-corrected chi connectivity index (χ4v) is 9.75. The summed E-state index contributed by atoms with van der Waals surface area (Å²) in [5, 5.41) is 11.3. The lowest BCUT2D eigenvalue weighted by Crippen LogP contribution is -2.64. The van der Waals surface area contributed by atoms with Gasteiger partial charge < -0.3 is 21.3 Å². The van der Waals surface area contributed by atoms with Gasteiger partial charge in [0.15, 0.2) is 5.66 Å². The van der Waals surface area contributed by atoms with Crippen molar-refractivity contribution in [2.75, 3.05) is 19.6 Å². The molecule has 6 amide bonds. The fraction of sp³-hybridized carbons (Fsp3) is 0.587. The molecule has 4 N–H and O–H groups in total. The molecule has 62 heavy (non-hydrogen) atoms. The molecule has 16 heteroatoms. The molecule has 4 heterocycles. The Morgan fingerprint density at radius 2 is 1.68 bits per heavy atom. The highest BCUT2D eigenvalue weighted by Gasteiger charge is 2.67. The van der Waals surface area contributed by atoms with Crippen LogP contribution >= 0.6 is 0 Å². The molecular formula is C46H61N9O7. The van der Waals surface area contributed by atoms with Crippen molar-refractivity contribution in [3.8, 4) is 12.3 Å². The molecule has 3 aliphatic heterocycles. The van der Waals surface area contributed by atoms with Gasteiger partial charge in [0, 0.05) is 37.9 Å². The summed E-state index contributed by atoms with van der Waals surface area (Å²) in [6.07, 6.45) is 16.1. The van der Waals surface area contributed by atoms with Gasteiger partial charge in [-0.1, -0.05) is 89.6 Å². The monoisotopic (exact) mass is 851 g/mol. The summed E-state index contributed by atoms with van der Waals surface area (Å²) < 4.78 is 0. The van der Waals surface area contributed by atoms with E-state index >= 15 is 9.59 Å². The Balaban J connectivity index is 1.32. The van der Waals surface area contributed by atoms with Crippen molar-refractivity contribution in [3.05, 3.63) is 60.2 Å². The lowest BCUT2D eigenvalue weighted by atomic mass is 9.82. The van der Waals surface area contributed by atoms with Crippen LogP contribution in [0.3, 0.4) is 0 Å². The van der Waals surface area contributed by atoms with Gasteiger partial charge in [-0.3, -0.25) is 53.2 Å². The Bertz CT molecular complexity index is 2030. The number of Topliss-reactive ketones (excluding diaryl/α,β-unsaturated/α-hetero) is 1. The second kappa shape index (κ2) is 19.7. The third-order valence-corrected chi connectivity index (χ3v) is 12.9. The Hall–Kier alpha value is -5.53. The zero-order valence-corrected chi connectivity index (χ0v) is 36.5. The molecule has 2 aromatic rings. The van der Waals surface area contributed by atoms with Crippen molar-refractivity contribution in [2.24, 2.45) is 11.3 Å². The van der Waals surface area contributed by atoms with Crippen LogP contribution in [0.1, 0.15) is 121 Å². The molecule has 1 aliphatic carbocycles. The van der Waals surface area contributed by atoms with Crippen molar-refractivity contribution in [1.29, 1.82) is 0 Å². The molecule has 4 fully saturated rings. The second-order valence-corrected chi connectivity index (χ2v) is 18.2. The van der Waals surface area contributed by atoms with E-state index in [-0.39, 0.29) is 37.0 Å². The van der Waals surface area contributed by atoms with Crippen molar-refractivity contribution in [1.82, 2.24) is 45.9 Å². The van der Waals surface area contributed by atoms with Crippen LogP contribution in [0.2, 0.25) is 0 Å². The third-order valence-electron chi connectivity index (χ3n) is 12.9. The molecule has 0 radical (unpaired) electrons. The number of fused-ring (bicyclic) bond motifs is 2. The predicted molar refractivity (Wildman–Crippen MR) is 229 cm³/mol. The Morgan fingerprint density at radius 1 is 0.952 bits per heavy atom. The molecule has 0 bridgehead atoms. The molecule has 332 valence electrons. The fourth-order valence-electron chi connectivity index (χ4n) is 9.75. The van der Waals surface area contributed by atoms with E-state index in [2.05, 4.69) is 37.2 Å². The SMILES string of the molecule is C#CCN1C[C@H]2CCCN2[C@@]12C[C@@H](C(=O)NC(CCC)C(=O)C(=O)N[C@@H](C)c1ccccc1)N(C(=O)[C@@H](NC(=O)[C@@H](NC(=O)c1cnccn1)C1CCCCC1)C(C)(C)C)C2=O. The van der Waals surface area contributed by atoms with Crippen LogP contribution < -0.4 is 21.3 Å². The highest BCUT2D eigenvalue weighted by atomic mass is 16.2. The molecule has 1 aromatic carbocycles. The first-order valence-electron chi connectivity index (χ1n) is 22.0. The third kappa shape index (κ3) is 9.58. The molecule has 1 saturated carbocycles. The van der Waals surface area contributed by atoms with Gasteiger partial charge in [-0.05, 0) is 55.9 Å². The summed E-state index contributed by atoms with van der Waals surface area (Å²) in [4.78, 5) is 113. The van der Waals surface area contributed by atoms with Crippen LogP contribution in [0.4, 0.5) is 0 Å². The second-order valence-electron chi connectivity index (χ2n) is 18.2. The minimum Gasteiger partial charge on any atom is -0.344 e. The maximum Gasteiger partial charge on any atom is 0.290 e. The number of terminal acetylenes is 1. The largest absolute Gasteiger partial charge is 0.344 e. The Labute approximate surface area is 364 Å². The van der Waals surface area contributed by atoms with Gasteiger partial charge in [0.1, 0.15) is 23.8 Å². The molecule has 16 nitrogen and oxygen atoms in total. The van der Waals surface area contributed by atoms with Gasteiger partial charge in [0.25, 0.3) is 23.6 Å². The van der Waals surface area contributed by atoms with Crippen LogP contribution in [-0.2, 0) is 28.8 Å². The van der Waals surface area contributed by atoms with Gasteiger partial charge in [-0.15, -0.1) is 6.42 Å². The number of nitrogens with one attached hydrogen (secondary N) is 4. The summed E-state index contributed by atoms with van der Waals surface area (Å²) >= 11 is 0. The Morgan fingerprint density at radius 3 is 2.32 bits per heavy atom. The molecular weight excluding hydrogens is 791 g/mol. The van der Waals surface area contributed by atoms with Crippen LogP contribution in [0.5, 0.6) is 0 Å². The first-order valence-corrected chi connectivity index (χ1v) is 22.0. The number of aromatic nitrogens is 2. The first-order chi connectivity index (χ1) is 29.6. The molecule has 4 aliphatic rings. The number of hydrogen-bond acceptors (Lipinski definition) is 11. The number of amides is 6. The van der Waals surface area contributed by atoms with E-state index in [4.69, 9.17) is 6.42 Å². The average Bonchev–Trinajstić information content (AvgIpc) is 3.94. The van der Waals surface area contributed by atoms with Gasteiger partial charge in [-0.2, -0.15) is 0 Å². The highest BCUT2D eigenvalue weighted by Crippen LogP contribution is 2.46. The zero-order chi connectivity index (χ0) is 44.8. The normalized spacial score (nSPS) is 23.7. The van der Waals surface area contributed by atoms with E-state index in [9.17, 15) is 24.0 Å². The van der Waals surface area contributed by atoms with Crippen molar-refractivity contribution in [2.45, 2.75) is 141 Å². The number of carbonyl (C=O) groups excluding carboxylic acids is 7. The quantitative estimate of drug-likeness (QED) is 0.152. The molecule has 7 atom stereocenters. The summed E-state index contributed by atoms with van der Waals surface area (Å²) in [6.45, 7) is 9.89. The number of imide groups is 1. The zero-order valence-electron chi connectivity index (χ0n) is 36.5. The van der Waals surface area contributed by atoms with E-state index in [0.717, 1.165) is 42.6 Å². The van der Waals surface area contributed by atoms with Crippen molar-refractivity contribution >= 4 is 41.2 Å². The smallest absolute Gasteiger partial charge is 0.290 e. The molecule has 1 unspecified atom stereocenters. The molecule has 6 rings (SSSR count). The highest BCUT2D eigenvalue weighted by molar-refractivity contribution is 6.38. The molecule has 1 spiro atoms. The van der Waals surface area contributed by atoms with E-state index in [0.29, 0.717) is 32.4 Å². The maximum absolute atomic E-state index is 15.3. The predicted octanol–water partition coefficient (Wildman–Crippen LogP) is 2.65. The summed E-state index contributed by atoms with van der Waals surface area (Å²) in [7, 11) is 0. The number of rotatable bonds is 15. The van der Waals surface area contributed by atoms with Gasteiger partial charge in [0.2, 0.25) is 17.6 Å². The maximum atomic E-state index is 15.3. The average molecular weight is 852 g/mol. The van der Waals surface area contributed by atoms with Crippen LogP contribution in [0, 0.1) is 23.7 Å². The van der Waals surface area contributed by atoms with Gasteiger partial charge in [0.05, 0.1) is 24.8 Å². The van der Waals surface area contributed by atoms with E-state index in [1.807, 2.05) is 47.1 Å². The van der Waals surface area contributed by atoms with E-state index < -0.39 is 82.5 Å². The van der Waals surface area contributed by atoms with Crippen LogP contribution in [-0.4, -0.2) is 121 Å². The summed E-state index contributed by atoms with van der Waals surface area (Å²) in [5.41, 5.74) is -1.63. The minimum absolute atomic E-state index is 0.0303. The number of nitrogens with zero attached hydrogens (tertiary/aromatic N) is 5. The number of likely N-dealkylation sites (tertiary alicyclic amines) is 1. The number of hydrogen-bond donors (Lipinski definition) is 4. The number of benzene rings is 1. The van der Waals surface area contributed by atoms with Crippen molar-refractivity contribution < 1.29 is 33.6 Å².